The van der Waals surface area contributed by atoms with Crippen molar-refractivity contribution in [1.82, 2.24) is 14.1 Å². The fourth-order valence-electron chi connectivity index (χ4n) is 9.93. The molecule has 0 aliphatic heterocycles. The second-order valence-electron chi connectivity index (χ2n) is 19.9. The van der Waals surface area contributed by atoms with E-state index in [1.165, 1.54) is 42.1 Å². The molecule has 0 unspecified atom stereocenters. The lowest BCUT2D eigenvalue weighted by atomic mass is 9.86. The van der Waals surface area contributed by atoms with Gasteiger partial charge in [0.2, 0.25) is 0 Å². The molecule has 4 heterocycles. The van der Waals surface area contributed by atoms with Crippen LogP contribution < -0.4 is 9.30 Å². The number of hydrogen-bond acceptors (Lipinski definition) is 3. The smallest absolute Gasteiger partial charge is 0.255 e. The van der Waals surface area contributed by atoms with Gasteiger partial charge >= 0.3 is 0 Å². The van der Waals surface area contributed by atoms with Gasteiger partial charge in [-0.1, -0.05) is 157 Å². The lowest BCUT2D eigenvalue weighted by molar-refractivity contribution is -0.566. The maximum absolute atomic E-state index is 7.09. The topological polar surface area (TPSA) is 35.9 Å². The monoisotopic (exact) mass is 899 g/mol. The fraction of sp³-hybridized carbons (Fsp3) is 0.129. The third kappa shape index (κ3) is 7.06. The first-order chi connectivity index (χ1) is 33.0. The zero-order chi connectivity index (χ0) is 46.3. The van der Waals surface area contributed by atoms with E-state index < -0.39 is 0 Å². The van der Waals surface area contributed by atoms with Crippen LogP contribution in [-0.4, -0.2) is 14.1 Å². The highest BCUT2D eigenvalue weighted by molar-refractivity contribution is 7.26. The van der Waals surface area contributed by atoms with Crippen LogP contribution in [0.4, 0.5) is 0 Å². The summed E-state index contributed by atoms with van der Waals surface area (Å²) in [5.74, 6) is 2.42. The molecule has 0 amide bonds. The van der Waals surface area contributed by atoms with E-state index in [0.29, 0.717) is 0 Å². The standard InChI is InChI=1S/C62H51N4OS/c1-61(2,3)42-32-33-63-57(36-42)66-54-31-30-50-49-22-13-16-27-56(49)68-60(50)58(54)51-29-28-45(38-55(51)66)67-46-35-43(62(4,5)6)34-44(37-46)64-39-65(53-26-15-14-25-52(53)64)59-47(40-18-9-7-10-19-40)23-17-24-48(59)41-20-11-8-12-21-41/h7-39H,1-6H3/q+1. The predicted octanol–water partition coefficient (Wildman–Crippen LogP) is 16.5. The van der Waals surface area contributed by atoms with Crippen LogP contribution in [0.5, 0.6) is 11.5 Å². The van der Waals surface area contributed by atoms with E-state index in [1.807, 2.05) is 17.5 Å². The first-order valence-electron chi connectivity index (χ1n) is 23.4. The van der Waals surface area contributed by atoms with Crippen LogP contribution in [0.2, 0.25) is 0 Å². The maximum atomic E-state index is 7.09. The number of para-hydroxylation sites is 3. The van der Waals surface area contributed by atoms with E-state index >= 15 is 0 Å². The second-order valence-corrected chi connectivity index (χ2v) is 21.0. The van der Waals surface area contributed by atoms with Crippen molar-refractivity contribution in [3.05, 3.63) is 212 Å². The van der Waals surface area contributed by atoms with Crippen molar-refractivity contribution in [3.63, 3.8) is 0 Å². The number of rotatable bonds is 7. The van der Waals surface area contributed by atoms with Crippen molar-refractivity contribution in [2.75, 3.05) is 0 Å². The summed E-state index contributed by atoms with van der Waals surface area (Å²) >= 11 is 1.86. The Morgan fingerprint density at radius 3 is 1.93 bits per heavy atom. The molecule has 5 nitrogen and oxygen atoms in total. The Labute approximate surface area is 400 Å². The molecule has 0 atom stereocenters. The number of aromatic nitrogens is 4. The summed E-state index contributed by atoms with van der Waals surface area (Å²) in [6.45, 7) is 13.6. The largest absolute Gasteiger partial charge is 0.457 e. The Morgan fingerprint density at radius 2 is 1.19 bits per heavy atom. The maximum Gasteiger partial charge on any atom is 0.255 e. The molecule has 0 bridgehead atoms. The first kappa shape index (κ1) is 41.6. The number of thiophene rings is 1. The van der Waals surface area contributed by atoms with Crippen LogP contribution in [-0.2, 0) is 10.8 Å². The van der Waals surface area contributed by atoms with E-state index in [2.05, 4.69) is 250 Å². The van der Waals surface area contributed by atoms with Crippen LogP contribution in [0.15, 0.2) is 201 Å². The van der Waals surface area contributed by atoms with E-state index in [1.54, 1.807) is 0 Å². The molecule has 0 saturated carbocycles. The average Bonchev–Trinajstić information content (AvgIpc) is 4.03. The van der Waals surface area contributed by atoms with Gasteiger partial charge in [0, 0.05) is 60.4 Å². The van der Waals surface area contributed by atoms with Crippen LogP contribution >= 0.6 is 11.3 Å². The lowest BCUT2D eigenvalue weighted by Gasteiger charge is -2.21. The van der Waals surface area contributed by atoms with E-state index in [9.17, 15) is 0 Å². The molecular weight excluding hydrogens is 849 g/mol. The number of hydrogen-bond donors (Lipinski definition) is 0. The molecular formula is C62H51N4OS+. The Kier molecular flexibility index (Phi) is 9.75. The minimum atomic E-state index is -0.164. The molecule has 0 radical (unpaired) electrons. The van der Waals surface area contributed by atoms with E-state index in [-0.39, 0.29) is 10.8 Å². The highest BCUT2D eigenvalue weighted by atomic mass is 32.1. The lowest BCUT2D eigenvalue weighted by Crippen LogP contribution is -2.30. The molecule has 0 N–H and O–H groups in total. The third-order valence-corrected chi connectivity index (χ3v) is 14.6. The van der Waals surface area contributed by atoms with Crippen LogP contribution in [0.25, 0.3) is 92.5 Å². The van der Waals surface area contributed by atoms with Crippen molar-refractivity contribution in [1.29, 1.82) is 0 Å². The second kappa shape index (κ2) is 15.9. The van der Waals surface area contributed by atoms with Crippen molar-refractivity contribution in [2.45, 2.75) is 52.4 Å². The molecule has 0 saturated heterocycles. The molecule has 4 aromatic heterocycles. The molecule has 68 heavy (non-hydrogen) atoms. The van der Waals surface area contributed by atoms with Gasteiger partial charge < -0.3 is 4.74 Å². The summed E-state index contributed by atoms with van der Waals surface area (Å²) in [5, 5.41) is 4.97. The molecule has 0 aliphatic carbocycles. The highest BCUT2D eigenvalue weighted by Crippen LogP contribution is 2.45. The van der Waals surface area contributed by atoms with Gasteiger partial charge in [-0.2, -0.15) is 9.13 Å². The van der Waals surface area contributed by atoms with Crippen LogP contribution in [0.1, 0.15) is 52.7 Å². The number of nitrogens with zero attached hydrogens (tertiary/aromatic N) is 4. The van der Waals surface area contributed by atoms with Gasteiger partial charge in [-0.25, -0.2) is 4.98 Å². The van der Waals surface area contributed by atoms with Gasteiger partial charge in [0.15, 0.2) is 11.0 Å². The van der Waals surface area contributed by atoms with Crippen molar-refractivity contribution < 1.29 is 9.30 Å². The van der Waals surface area contributed by atoms with Gasteiger partial charge in [-0.05, 0) is 93.7 Å². The zero-order valence-corrected chi connectivity index (χ0v) is 40.0. The summed E-state index contributed by atoms with van der Waals surface area (Å²) in [6, 6.07) is 67.7. The number of imidazole rings is 1. The van der Waals surface area contributed by atoms with Gasteiger partial charge in [-0.3, -0.25) is 4.57 Å². The van der Waals surface area contributed by atoms with Crippen LogP contribution in [0.3, 0.4) is 0 Å². The number of pyridine rings is 1. The highest BCUT2D eigenvalue weighted by Gasteiger charge is 2.27. The Morgan fingerprint density at radius 1 is 0.515 bits per heavy atom. The molecule has 6 heteroatoms. The van der Waals surface area contributed by atoms with Gasteiger partial charge in [0.05, 0.1) is 11.0 Å². The molecule has 12 rings (SSSR count). The minimum Gasteiger partial charge on any atom is -0.457 e. The first-order valence-corrected chi connectivity index (χ1v) is 24.2. The zero-order valence-electron chi connectivity index (χ0n) is 39.2. The summed E-state index contributed by atoms with van der Waals surface area (Å²) < 4.78 is 16.7. The molecule has 330 valence electrons. The Bertz CT molecular complexity index is 3840. The van der Waals surface area contributed by atoms with Crippen molar-refractivity contribution >= 4 is 64.3 Å². The number of fused-ring (bicyclic) bond motifs is 8. The van der Waals surface area contributed by atoms with E-state index in [0.717, 1.165) is 73.0 Å². The molecule has 0 spiro atoms. The van der Waals surface area contributed by atoms with E-state index in [4.69, 9.17) is 9.72 Å². The third-order valence-electron chi connectivity index (χ3n) is 13.4. The quantitative estimate of drug-likeness (QED) is 0.149. The molecule has 0 fully saturated rings. The fourth-order valence-corrected chi connectivity index (χ4v) is 11.2. The summed E-state index contributed by atoms with van der Waals surface area (Å²) in [7, 11) is 0. The number of benzene rings is 8. The molecule has 0 aliphatic rings. The van der Waals surface area contributed by atoms with Crippen molar-refractivity contribution in [2.24, 2.45) is 0 Å². The van der Waals surface area contributed by atoms with Gasteiger partial charge in [-0.15, -0.1) is 11.3 Å². The summed E-state index contributed by atoms with van der Waals surface area (Å²) in [5.41, 5.74) is 13.4. The van der Waals surface area contributed by atoms with Gasteiger partial charge in [0.25, 0.3) is 6.33 Å². The molecule has 12 aromatic rings. The average molecular weight is 900 g/mol. The Balaban J connectivity index is 1.04. The van der Waals surface area contributed by atoms with Crippen molar-refractivity contribution in [3.8, 4) is 50.9 Å². The normalized spacial score (nSPS) is 12.3. The molecule has 8 aromatic carbocycles. The Hall–Kier alpha value is -7.80. The van der Waals surface area contributed by atoms with Gasteiger partial charge in [0.1, 0.15) is 28.7 Å². The SMILES string of the molecule is CC(C)(C)c1cc(Oc2ccc3c4c5sc6ccccc6c5ccc4n(-c4cc(C(C)(C)C)ccn4)c3c2)cc(-n2c[n+](-c3c(-c4ccccc4)cccc3-c3ccccc3)c3ccccc32)c1. The van der Waals surface area contributed by atoms with Crippen LogP contribution in [0, 0.1) is 0 Å². The summed E-state index contributed by atoms with van der Waals surface area (Å²) in [4.78, 5) is 5.03. The predicted molar refractivity (Wildman–Crippen MR) is 285 cm³/mol. The number of ether oxygens (including phenoxy) is 1. The minimum absolute atomic E-state index is 0.0426. The summed E-state index contributed by atoms with van der Waals surface area (Å²) in [6.07, 6.45) is 4.20.